The van der Waals surface area contributed by atoms with Crippen LogP contribution in [0.4, 0.5) is 0 Å². The van der Waals surface area contributed by atoms with Crippen molar-refractivity contribution in [2.75, 3.05) is 26.2 Å². The van der Waals surface area contributed by atoms with E-state index in [0.717, 1.165) is 58.3 Å². The Morgan fingerprint density at radius 3 is 3.11 bits per heavy atom. The lowest BCUT2D eigenvalue weighted by Gasteiger charge is -2.28. The first-order chi connectivity index (χ1) is 8.64. The van der Waals surface area contributed by atoms with E-state index in [1.807, 2.05) is 0 Å². The maximum Gasteiger partial charge on any atom is 0.107 e. The third-order valence-electron chi connectivity index (χ3n) is 4.41. The number of hydrogen-bond acceptors (Lipinski definition) is 4. The van der Waals surface area contributed by atoms with E-state index < -0.39 is 5.54 Å². The first-order valence-electron chi connectivity index (χ1n) is 7.18. The summed E-state index contributed by atoms with van der Waals surface area (Å²) in [5.41, 5.74) is 5.61. The van der Waals surface area contributed by atoms with Crippen molar-refractivity contribution in [2.24, 2.45) is 11.7 Å². The Hall–Kier alpha value is -0.630. The van der Waals surface area contributed by atoms with E-state index in [0.29, 0.717) is 12.0 Å². The fourth-order valence-electron chi connectivity index (χ4n) is 3.27. The molecule has 2 rings (SSSR count). The van der Waals surface area contributed by atoms with Gasteiger partial charge in [0, 0.05) is 19.7 Å². The monoisotopic (exact) mass is 251 g/mol. The molecular weight excluding hydrogens is 226 g/mol. The number of ether oxygens (including phenoxy) is 1. The van der Waals surface area contributed by atoms with Gasteiger partial charge in [-0.2, -0.15) is 5.26 Å². The molecule has 0 aromatic heterocycles. The summed E-state index contributed by atoms with van der Waals surface area (Å²) in [6.07, 6.45) is 5.58. The lowest BCUT2D eigenvalue weighted by atomic mass is 9.87. The molecule has 1 aliphatic heterocycles. The molecule has 3 unspecified atom stereocenters. The highest BCUT2D eigenvalue weighted by Crippen LogP contribution is 2.35. The van der Waals surface area contributed by atoms with Crippen LogP contribution in [0.2, 0.25) is 0 Å². The van der Waals surface area contributed by atoms with E-state index in [-0.39, 0.29) is 0 Å². The summed E-state index contributed by atoms with van der Waals surface area (Å²) in [7, 11) is 0. The van der Waals surface area contributed by atoms with Crippen molar-refractivity contribution < 1.29 is 4.74 Å². The summed E-state index contributed by atoms with van der Waals surface area (Å²) < 4.78 is 5.65. The van der Waals surface area contributed by atoms with Gasteiger partial charge >= 0.3 is 0 Å². The fourth-order valence-corrected chi connectivity index (χ4v) is 3.27. The Balaban J connectivity index is 1.82. The van der Waals surface area contributed by atoms with E-state index in [1.165, 1.54) is 0 Å². The quantitative estimate of drug-likeness (QED) is 0.826. The SMILES string of the molecule is CC1CN(CCC2CCCC2(N)C#N)CCCO1. The number of rotatable bonds is 3. The molecule has 0 bridgehead atoms. The number of nitriles is 1. The van der Waals surface area contributed by atoms with Gasteiger partial charge in [-0.15, -0.1) is 0 Å². The fraction of sp³-hybridized carbons (Fsp3) is 0.929. The van der Waals surface area contributed by atoms with Gasteiger partial charge in [0.25, 0.3) is 0 Å². The van der Waals surface area contributed by atoms with Crippen LogP contribution in [-0.2, 0) is 4.74 Å². The van der Waals surface area contributed by atoms with Gasteiger partial charge in [-0.05, 0) is 45.1 Å². The Kier molecular flexibility index (Phi) is 4.60. The molecule has 0 spiro atoms. The number of nitrogens with two attached hydrogens (primary N) is 1. The smallest absolute Gasteiger partial charge is 0.107 e. The van der Waals surface area contributed by atoms with Gasteiger partial charge in [0.05, 0.1) is 12.2 Å². The molecule has 1 aliphatic carbocycles. The van der Waals surface area contributed by atoms with Crippen LogP contribution in [0, 0.1) is 17.2 Å². The molecule has 2 fully saturated rings. The van der Waals surface area contributed by atoms with E-state index in [2.05, 4.69) is 17.9 Å². The molecular formula is C14H25N3O. The zero-order chi connectivity index (χ0) is 13.0. The zero-order valence-electron chi connectivity index (χ0n) is 11.4. The molecule has 0 aromatic rings. The van der Waals surface area contributed by atoms with Crippen molar-refractivity contribution in [3.63, 3.8) is 0 Å². The van der Waals surface area contributed by atoms with Gasteiger partial charge in [0.2, 0.25) is 0 Å². The first kappa shape index (κ1) is 13.8. The van der Waals surface area contributed by atoms with E-state index in [9.17, 15) is 5.26 Å². The molecule has 102 valence electrons. The van der Waals surface area contributed by atoms with E-state index in [4.69, 9.17) is 10.5 Å². The maximum absolute atomic E-state index is 9.21. The second-order valence-electron chi connectivity index (χ2n) is 5.87. The summed E-state index contributed by atoms with van der Waals surface area (Å²) in [4.78, 5) is 2.47. The zero-order valence-corrected chi connectivity index (χ0v) is 11.4. The standard InChI is InChI=1S/C14H25N3O/c1-12-10-17(7-3-9-18-12)8-5-13-4-2-6-14(13,16)11-15/h12-13H,2-10,16H2,1H3. The summed E-state index contributed by atoms with van der Waals surface area (Å²) in [5, 5.41) is 9.21. The molecule has 0 radical (unpaired) electrons. The van der Waals surface area contributed by atoms with Crippen LogP contribution in [0.5, 0.6) is 0 Å². The lowest BCUT2D eigenvalue weighted by molar-refractivity contribution is 0.0667. The second kappa shape index (κ2) is 6.01. The molecule has 4 nitrogen and oxygen atoms in total. The van der Waals surface area contributed by atoms with Crippen LogP contribution < -0.4 is 5.73 Å². The average Bonchev–Trinajstić information content (AvgIpc) is 2.60. The van der Waals surface area contributed by atoms with Gasteiger partial charge in [-0.3, -0.25) is 0 Å². The molecule has 4 heteroatoms. The third-order valence-corrected chi connectivity index (χ3v) is 4.41. The second-order valence-corrected chi connectivity index (χ2v) is 5.87. The van der Waals surface area contributed by atoms with Crippen LogP contribution in [-0.4, -0.2) is 42.8 Å². The molecule has 0 amide bonds. The van der Waals surface area contributed by atoms with E-state index >= 15 is 0 Å². The number of nitrogens with zero attached hydrogens (tertiary/aromatic N) is 2. The van der Waals surface area contributed by atoms with Crippen LogP contribution in [0.3, 0.4) is 0 Å². The Bertz CT molecular complexity index is 315. The van der Waals surface area contributed by atoms with Gasteiger partial charge < -0.3 is 15.4 Å². The Morgan fingerprint density at radius 1 is 1.50 bits per heavy atom. The molecule has 2 N–H and O–H groups in total. The minimum atomic E-state index is -0.562. The summed E-state index contributed by atoms with van der Waals surface area (Å²) in [6, 6.07) is 2.33. The molecule has 18 heavy (non-hydrogen) atoms. The predicted octanol–water partition coefficient (Wildman–Crippen LogP) is 1.51. The molecule has 1 heterocycles. The minimum Gasteiger partial charge on any atom is -0.377 e. The van der Waals surface area contributed by atoms with Gasteiger partial charge in [-0.25, -0.2) is 0 Å². The largest absolute Gasteiger partial charge is 0.377 e. The van der Waals surface area contributed by atoms with Crippen molar-refractivity contribution in [2.45, 2.75) is 50.7 Å². The molecule has 1 saturated heterocycles. The van der Waals surface area contributed by atoms with Gasteiger partial charge in [0.1, 0.15) is 5.54 Å². The minimum absolute atomic E-state index is 0.328. The van der Waals surface area contributed by atoms with Crippen molar-refractivity contribution in [1.29, 1.82) is 5.26 Å². The van der Waals surface area contributed by atoms with Gasteiger partial charge in [-0.1, -0.05) is 6.42 Å². The summed E-state index contributed by atoms with van der Waals surface area (Å²) >= 11 is 0. The first-order valence-corrected chi connectivity index (χ1v) is 7.18. The third kappa shape index (κ3) is 3.23. The van der Waals surface area contributed by atoms with Crippen LogP contribution >= 0.6 is 0 Å². The Labute approximate surface area is 110 Å². The normalized spacial score (nSPS) is 38.3. The van der Waals surface area contributed by atoms with Crippen molar-refractivity contribution in [3.8, 4) is 6.07 Å². The molecule has 2 aliphatic rings. The van der Waals surface area contributed by atoms with Crippen molar-refractivity contribution in [1.82, 2.24) is 4.90 Å². The highest BCUT2D eigenvalue weighted by Gasteiger charge is 2.39. The molecule has 0 aromatic carbocycles. The lowest BCUT2D eigenvalue weighted by Crippen LogP contribution is -2.43. The summed E-state index contributed by atoms with van der Waals surface area (Å²) in [5.74, 6) is 0.377. The number of hydrogen-bond donors (Lipinski definition) is 1. The van der Waals surface area contributed by atoms with Crippen molar-refractivity contribution >= 4 is 0 Å². The van der Waals surface area contributed by atoms with Crippen LogP contribution in [0.15, 0.2) is 0 Å². The maximum atomic E-state index is 9.21. The van der Waals surface area contributed by atoms with Crippen molar-refractivity contribution in [3.05, 3.63) is 0 Å². The van der Waals surface area contributed by atoms with Gasteiger partial charge in [0.15, 0.2) is 0 Å². The molecule has 1 saturated carbocycles. The average molecular weight is 251 g/mol. The predicted molar refractivity (Wildman–Crippen MR) is 71.0 cm³/mol. The van der Waals surface area contributed by atoms with Crippen LogP contribution in [0.25, 0.3) is 0 Å². The Morgan fingerprint density at radius 2 is 2.33 bits per heavy atom. The highest BCUT2D eigenvalue weighted by atomic mass is 16.5. The molecule has 3 atom stereocenters. The topological polar surface area (TPSA) is 62.3 Å². The summed E-state index contributed by atoms with van der Waals surface area (Å²) in [6.45, 7) is 6.19. The van der Waals surface area contributed by atoms with E-state index in [1.54, 1.807) is 0 Å². The highest BCUT2D eigenvalue weighted by molar-refractivity contribution is 5.11. The van der Waals surface area contributed by atoms with Crippen LogP contribution in [0.1, 0.15) is 39.0 Å².